The highest BCUT2D eigenvalue weighted by atomic mass is 16.5. The number of nitrogens with zero attached hydrogens (tertiary/aromatic N) is 1. The van der Waals surface area contributed by atoms with Crippen LogP contribution in [0.1, 0.15) is 34.1 Å². The molecule has 0 aromatic heterocycles. The summed E-state index contributed by atoms with van der Waals surface area (Å²) in [5.74, 6) is 0. The lowest BCUT2D eigenvalue weighted by Gasteiger charge is -2.25. The summed E-state index contributed by atoms with van der Waals surface area (Å²) in [7, 11) is 0. The lowest BCUT2D eigenvalue weighted by Crippen LogP contribution is -2.34. The van der Waals surface area contributed by atoms with Crippen LogP contribution >= 0.6 is 0 Å². The molecule has 2 heteroatoms. The Balaban J connectivity index is 3.49. The molecule has 0 aliphatic carbocycles. The molecule has 0 aromatic carbocycles. The summed E-state index contributed by atoms with van der Waals surface area (Å²) in [5.41, 5.74) is 0. The lowest BCUT2D eigenvalue weighted by atomic mass is 10.3. The molecule has 12 heavy (non-hydrogen) atoms. The van der Waals surface area contributed by atoms with Gasteiger partial charge < -0.3 is 4.74 Å². The molecule has 0 radical (unpaired) electrons. The predicted molar refractivity (Wildman–Crippen MR) is 53.5 cm³/mol. The Labute approximate surface area is 76.9 Å². The van der Waals surface area contributed by atoms with E-state index in [9.17, 15) is 0 Å². The average molecular weight is 173 g/mol. The average Bonchev–Trinajstić information content (AvgIpc) is 2.03. The molecule has 0 aromatic rings. The van der Waals surface area contributed by atoms with Crippen molar-refractivity contribution in [1.82, 2.24) is 4.90 Å². The fraction of sp³-hybridized carbons (Fsp3) is 1.00. The van der Waals surface area contributed by atoms with Crippen molar-refractivity contribution < 1.29 is 4.74 Å². The van der Waals surface area contributed by atoms with Crippen LogP contribution in [0, 0.1) is 0 Å². The Morgan fingerprint density at radius 1 is 1.17 bits per heavy atom. The smallest absolute Gasteiger partial charge is 0.0593 e. The zero-order chi connectivity index (χ0) is 9.40. The standard InChI is InChI=1S/C10H23NO/c1-5-7-11(10(3)4)8-9-12-6-2/h10H,5-9H2,1-4H3. The molecule has 0 saturated carbocycles. The predicted octanol–water partition coefficient (Wildman–Crippen LogP) is 2.14. The van der Waals surface area contributed by atoms with Crippen LogP contribution in [0.4, 0.5) is 0 Å². The molecular weight excluding hydrogens is 150 g/mol. The van der Waals surface area contributed by atoms with Gasteiger partial charge >= 0.3 is 0 Å². The second kappa shape index (κ2) is 7.56. The Kier molecular flexibility index (Phi) is 7.51. The maximum Gasteiger partial charge on any atom is 0.0593 e. The van der Waals surface area contributed by atoms with E-state index >= 15 is 0 Å². The molecule has 0 unspecified atom stereocenters. The largest absolute Gasteiger partial charge is 0.380 e. The number of hydrogen-bond acceptors (Lipinski definition) is 2. The van der Waals surface area contributed by atoms with Gasteiger partial charge in [0.25, 0.3) is 0 Å². The summed E-state index contributed by atoms with van der Waals surface area (Å²) in [5, 5.41) is 0. The summed E-state index contributed by atoms with van der Waals surface area (Å²) in [6.45, 7) is 12.7. The van der Waals surface area contributed by atoms with Gasteiger partial charge in [-0.1, -0.05) is 6.92 Å². The van der Waals surface area contributed by atoms with Crippen molar-refractivity contribution in [2.24, 2.45) is 0 Å². The fourth-order valence-electron chi connectivity index (χ4n) is 1.24. The van der Waals surface area contributed by atoms with E-state index in [0.29, 0.717) is 6.04 Å². The van der Waals surface area contributed by atoms with Gasteiger partial charge in [0.15, 0.2) is 0 Å². The minimum atomic E-state index is 0.644. The molecule has 0 rings (SSSR count). The van der Waals surface area contributed by atoms with Gasteiger partial charge in [0.05, 0.1) is 6.61 Å². The third-order valence-electron chi connectivity index (χ3n) is 1.97. The topological polar surface area (TPSA) is 12.5 Å². The third-order valence-corrected chi connectivity index (χ3v) is 1.97. The first kappa shape index (κ1) is 11.9. The molecular formula is C10H23NO. The highest BCUT2D eigenvalue weighted by molar-refractivity contribution is 4.60. The van der Waals surface area contributed by atoms with E-state index in [1.807, 2.05) is 6.92 Å². The van der Waals surface area contributed by atoms with Gasteiger partial charge in [-0.25, -0.2) is 0 Å². The van der Waals surface area contributed by atoms with Gasteiger partial charge in [-0.3, -0.25) is 4.90 Å². The maximum absolute atomic E-state index is 5.32. The Hall–Kier alpha value is -0.0800. The van der Waals surface area contributed by atoms with E-state index < -0.39 is 0 Å². The van der Waals surface area contributed by atoms with Gasteiger partial charge in [0.2, 0.25) is 0 Å². The van der Waals surface area contributed by atoms with Crippen LogP contribution in [0.15, 0.2) is 0 Å². The Bertz CT molecular complexity index is 93.8. The second-order valence-corrected chi connectivity index (χ2v) is 3.33. The van der Waals surface area contributed by atoms with Crippen molar-refractivity contribution >= 4 is 0 Å². The Morgan fingerprint density at radius 2 is 1.83 bits per heavy atom. The maximum atomic E-state index is 5.32. The lowest BCUT2D eigenvalue weighted by molar-refractivity contribution is 0.101. The first-order valence-electron chi connectivity index (χ1n) is 5.04. The van der Waals surface area contributed by atoms with Gasteiger partial charge in [0.1, 0.15) is 0 Å². The highest BCUT2D eigenvalue weighted by Crippen LogP contribution is 1.98. The van der Waals surface area contributed by atoms with Crippen molar-refractivity contribution in [1.29, 1.82) is 0 Å². The van der Waals surface area contributed by atoms with E-state index in [0.717, 1.165) is 19.8 Å². The zero-order valence-electron chi connectivity index (χ0n) is 8.97. The van der Waals surface area contributed by atoms with Crippen LogP contribution in [-0.2, 0) is 4.74 Å². The number of rotatable bonds is 7. The molecule has 0 bridgehead atoms. The molecule has 0 amide bonds. The summed E-state index contributed by atoms with van der Waals surface area (Å²) in [6.07, 6.45) is 1.23. The molecule has 0 spiro atoms. The summed E-state index contributed by atoms with van der Waals surface area (Å²) in [4.78, 5) is 2.45. The monoisotopic (exact) mass is 173 g/mol. The summed E-state index contributed by atoms with van der Waals surface area (Å²) in [6, 6.07) is 0.644. The molecule has 0 saturated heterocycles. The van der Waals surface area contributed by atoms with Crippen LogP contribution in [0.5, 0.6) is 0 Å². The number of ether oxygens (including phenoxy) is 1. The van der Waals surface area contributed by atoms with Gasteiger partial charge in [-0.05, 0) is 33.7 Å². The SMILES string of the molecule is CCCN(CCOCC)C(C)C. The van der Waals surface area contributed by atoms with Gasteiger partial charge in [-0.2, -0.15) is 0 Å². The van der Waals surface area contributed by atoms with Crippen molar-refractivity contribution in [3.63, 3.8) is 0 Å². The molecule has 0 atom stereocenters. The van der Waals surface area contributed by atoms with Crippen molar-refractivity contribution in [3.8, 4) is 0 Å². The minimum Gasteiger partial charge on any atom is -0.380 e. The summed E-state index contributed by atoms with van der Waals surface area (Å²) < 4.78 is 5.32. The molecule has 0 heterocycles. The van der Waals surface area contributed by atoms with E-state index in [-0.39, 0.29) is 0 Å². The fourth-order valence-corrected chi connectivity index (χ4v) is 1.24. The van der Waals surface area contributed by atoms with Crippen molar-refractivity contribution in [2.75, 3.05) is 26.3 Å². The van der Waals surface area contributed by atoms with E-state index in [2.05, 4.69) is 25.7 Å². The normalized spacial score (nSPS) is 11.5. The van der Waals surface area contributed by atoms with E-state index in [1.54, 1.807) is 0 Å². The number of hydrogen-bond donors (Lipinski definition) is 0. The summed E-state index contributed by atoms with van der Waals surface area (Å²) >= 11 is 0. The van der Waals surface area contributed by atoms with Crippen LogP contribution in [-0.4, -0.2) is 37.2 Å². The minimum absolute atomic E-state index is 0.644. The highest BCUT2D eigenvalue weighted by Gasteiger charge is 2.06. The quantitative estimate of drug-likeness (QED) is 0.547. The molecule has 74 valence electrons. The van der Waals surface area contributed by atoms with E-state index in [4.69, 9.17) is 4.74 Å². The van der Waals surface area contributed by atoms with Crippen molar-refractivity contribution in [3.05, 3.63) is 0 Å². The first-order chi connectivity index (χ1) is 5.72. The second-order valence-electron chi connectivity index (χ2n) is 3.33. The third kappa shape index (κ3) is 5.56. The molecule has 0 aliphatic rings. The van der Waals surface area contributed by atoms with Crippen LogP contribution in [0.2, 0.25) is 0 Å². The zero-order valence-corrected chi connectivity index (χ0v) is 8.97. The van der Waals surface area contributed by atoms with Gasteiger partial charge in [-0.15, -0.1) is 0 Å². The molecule has 0 fully saturated rings. The Morgan fingerprint density at radius 3 is 2.25 bits per heavy atom. The molecule has 0 aliphatic heterocycles. The molecule has 0 N–H and O–H groups in total. The van der Waals surface area contributed by atoms with Gasteiger partial charge in [0, 0.05) is 19.2 Å². The molecule has 2 nitrogen and oxygen atoms in total. The van der Waals surface area contributed by atoms with Crippen LogP contribution in [0.25, 0.3) is 0 Å². The van der Waals surface area contributed by atoms with Crippen LogP contribution < -0.4 is 0 Å². The first-order valence-corrected chi connectivity index (χ1v) is 5.04. The van der Waals surface area contributed by atoms with E-state index in [1.165, 1.54) is 13.0 Å². The van der Waals surface area contributed by atoms with Crippen molar-refractivity contribution in [2.45, 2.75) is 40.2 Å². The van der Waals surface area contributed by atoms with Crippen LogP contribution in [0.3, 0.4) is 0 Å².